The molecule has 1 aromatic rings. The highest BCUT2D eigenvalue weighted by atomic mass is 16.1. The minimum absolute atomic E-state index is 0.170. The SMILES string of the molecule is O=C(CCNCCc1ccncc1)NC1CC1. The third-order valence-electron chi connectivity index (χ3n) is 2.81. The predicted octanol–water partition coefficient (Wildman–Crippen LogP) is 0.882. The fourth-order valence-electron chi connectivity index (χ4n) is 1.64. The van der Waals surface area contributed by atoms with Gasteiger partial charge in [-0.05, 0) is 43.5 Å². The van der Waals surface area contributed by atoms with Gasteiger partial charge >= 0.3 is 0 Å². The first-order valence-corrected chi connectivity index (χ1v) is 6.23. The van der Waals surface area contributed by atoms with Crippen molar-refractivity contribution in [2.75, 3.05) is 13.1 Å². The number of rotatable bonds is 7. The highest BCUT2D eigenvalue weighted by Gasteiger charge is 2.22. The van der Waals surface area contributed by atoms with Gasteiger partial charge in [0.1, 0.15) is 0 Å². The Balaban J connectivity index is 1.50. The zero-order chi connectivity index (χ0) is 11.9. The summed E-state index contributed by atoms with van der Waals surface area (Å²) in [7, 11) is 0. The second kappa shape index (κ2) is 6.35. The molecule has 1 fully saturated rings. The summed E-state index contributed by atoms with van der Waals surface area (Å²) in [6.07, 6.45) is 7.47. The van der Waals surface area contributed by atoms with Crippen molar-refractivity contribution in [1.29, 1.82) is 0 Å². The summed E-state index contributed by atoms with van der Waals surface area (Å²) in [6, 6.07) is 4.50. The van der Waals surface area contributed by atoms with E-state index in [0.717, 1.165) is 32.4 Å². The molecule has 2 N–H and O–H groups in total. The molecule has 2 rings (SSSR count). The van der Waals surface area contributed by atoms with Crippen LogP contribution in [0.3, 0.4) is 0 Å². The van der Waals surface area contributed by atoms with Crippen LogP contribution in [-0.4, -0.2) is 30.0 Å². The first-order chi connectivity index (χ1) is 8.34. The van der Waals surface area contributed by atoms with Crippen LogP contribution in [0.4, 0.5) is 0 Å². The molecule has 0 radical (unpaired) electrons. The second-order valence-corrected chi connectivity index (χ2v) is 4.45. The van der Waals surface area contributed by atoms with Crippen LogP contribution in [-0.2, 0) is 11.2 Å². The molecule has 4 heteroatoms. The molecule has 0 aliphatic heterocycles. The van der Waals surface area contributed by atoms with Crippen LogP contribution in [0.25, 0.3) is 0 Å². The van der Waals surface area contributed by atoms with E-state index in [9.17, 15) is 4.79 Å². The molecule has 17 heavy (non-hydrogen) atoms. The third-order valence-corrected chi connectivity index (χ3v) is 2.81. The second-order valence-electron chi connectivity index (χ2n) is 4.45. The van der Waals surface area contributed by atoms with Crippen LogP contribution in [0.2, 0.25) is 0 Å². The molecule has 1 aliphatic carbocycles. The maximum Gasteiger partial charge on any atom is 0.221 e. The molecule has 0 spiro atoms. The van der Waals surface area contributed by atoms with Crippen LogP contribution < -0.4 is 10.6 Å². The number of nitrogens with zero attached hydrogens (tertiary/aromatic N) is 1. The van der Waals surface area contributed by atoms with Crippen molar-refractivity contribution >= 4 is 5.91 Å². The summed E-state index contributed by atoms with van der Waals surface area (Å²) in [5.41, 5.74) is 1.27. The average molecular weight is 233 g/mol. The van der Waals surface area contributed by atoms with E-state index < -0.39 is 0 Å². The van der Waals surface area contributed by atoms with E-state index in [-0.39, 0.29) is 5.91 Å². The van der Waals surface area contributed by atoms with Crippen molar-refractivity contribution in [3.8, 4) is 0 Å². The van der Waals surface area contributed by atoms with Crippen LogP contribution in [0.5, 0.6) is 0 Å². The standard InChI is InChI=1S/C13H19N3O/c17-13(16-12-1-2-12)6-10-15-9-5-11-3-7-14-8-4-11/h3-4,7-8,12,15H,1-2,5-6,9-10H2,(H,16,17). The maximum atomic E-state index is 11.4. The Bertz CT molecular complexity index is 349. The van der Waals surface area contributed by atoms with Crippen LogP contribution in [0.1, 0.15) is 24.8 Å². The Labute approximate surface area is 102 Å². The van der Waals surface area contributed by atoms with Crippen molar-refractivity contribution in [3.63, 3.8) is 0 Å². The molecule has 1 heterocycles. The van der Waals surface area contributed by atoms with E-state index >= 15 is 0 Å². The molecular formula is C13H19N3O. The van der Waals surface area contributed by atoms with Gasteiger partial charge in [0.2, 0.25) is 5.91 Å². The molecule has 1 aromatic heterocycles. The quantitative estimate of drug-likeness (QED) is 0.687. The van der Waals surface area contributed by atoms with Gasteiger partial charge in [-0.25, -0.2) is 0 Å². The van der Waals surface area contributed by atoms with Gasteiger partial charge in [0.15, 0.2) is 0 Å². The van der Waals surface area contributed by atoms with Crippen molar-refractivity contribution in [3.05, 3.63) is 30.1 Å². The van der Waals surface area contributed by atoms with E-state index in [4.69, 9.17) is 0 Å². The lowest BCUT2D eigenvalue weighted by Gasteiger charge is -2.05. The van der Waals surface area contributed by atoms with Crippen molar-refractivity contribution < 1.29 is 4.79 Å². The van der Waals surface area contributed by atoms with E-state index in [1.807, 2.05) is 12.1 Å². The van der Waals surface area contributed by atoms with E-state index in [0.29, 0.717) is 12.5 Å². The number of amides is 1. The normalized spacial score (nSPS) is 14.6. The molecule has 0 aromatic carbocycles. The monoisotopic (exact) mass is 233 g/mol. The first-order valence-electron chi connectivity index (χ1n) is 6.23. The van der Waals surface area contributed by atoms with Crippen molar-refractivity contribution in [2.24, 2.45) is 0 Å². The van der Waals surface area contributed by atoms with Crippen LogP contribution in [0.15, 0.2) is 24.5 Å². The van der Waals surface area contributed by atoms with Gasteiger partial charge in [-0.15, -0.1) is 0 Å². The van der Waals surface area contributed by atoms with Gasteiger partial charge in [0.25, 0.3) is 0 Å². The van der Waals surface area contributed by atoms with Crippen LogP contribution in [0, 0.1) is 0 Å². The lowest BCUT2D eigenvalue weighted by Crippen LogP contribution is -2.29. The molecular weight excluding hydrogens is 214 g/mol. The maximum absolute atomic E-state index is 11.4. The lowest BCUT2D eigenvalue weighted by molar-refractivity contribution is -0.121. The van der Waals surface area contributed by atoms with Gasteiger partial charge in [-0.2, -0.15) is 0 Å². The van der Waals surface area contributed by atoms with Gasteiger partial charge in [0.05, 0.1) is 0 Å². The topological polar surface area (TPSA) is 54.0 Å². The highest BCUT2D eigenvalue weighted by molar-refractivity contribution is 5.76. The Kier molecular flexibility index (Phi) is 4.50. The summed E-state index contributed by atoms with van der Waals surface area (Å²) in [4.78, 5) is 15.3. The summed E-state index contributed by atoms with van der Waals surface area (Å²) < 4.78 is 0. The van der Waals surface area contributed by atoms with E-state index in [2.05, 4.69) is 15.6 Å². The van der Waals surface area contributed by atoms with Crippen molar-refractivity contribution in [2.45, 2.75) is 31.7 Å². The molecule has 92 valence electrons. The first kappa shape index (κ1) is 12.0. The predicted molar refractivity (Wildman–Crippen MR) is 66.6 cm³/mol. The Hall–Kier alpha value is -1.42. The number of hydrogen-bond acceptors (Lipinski definition) is 3. The number of pyridine rings is 1. The molecule has 1 saturated carbocycles. The number of carbonyl (C=O) groups is 1. The Morgan fingerprint density at radius 1 is 1.29 bits per heavy atom. The molecule has 4 nitrogen and oxygen atoms in total. The molecule has 1 aliphatic rings. The Morgan fingerprint density at radius 2 is 2.06 bits per heavy atom. The highest BCUT2D eigenvalue weighted by Crippen LogP contribution is 2.18. The molecule has 0 saturated heterocycles. The minimum atomic E-state index is 0.170. The number of aromatic nitrogens is 1. The summed E-state index contributed by atoms with van der Waals surface area (Å²) in [5, 5.41) is 6.25. The van der Waals surface area contributed by atoms with Crippen molar-refractivity contribution in [1.82, 2.24) is 15.6 Å². The Morgan fingerprint density at radius 3 is 2.76 bits per heavy atom. The van der Waals surface area contributed by atoms with Gasteiger partial charge in [-0.3, -0.25) is 9.78 Å². The lowest BCUT2D eigenvalue weighted by atomic mass is 10.2. The van der Waals surface area contributed by atoms with E-state index in [1.165, 1.54) is 5.56 Å². The summed E-state index contributed by atoms with van der Waals surface area (Å²) >= 11 is 0. The fourth-order valence-corrected chi connectivity index (χ4v) is 1.64. The van der Waals surface area contributed by atoms with E-state index in [1.54, 1.807) is 12.4 Å². The number of nitrogens with one attached hydrogen (secondary N) is 2. The number of carbonyl (C=O) groups excluding carboxylic acids is 1. The zero-order valence-corrected chi connectivity index (χ0v) is 9.98. The summed E-state index contributed by atoms with van der Waals surface area (Å²) in [6.45, 7) is 1.66. The number of hydrogen-bond donors (Lipinski definition) is 2. The molecule has 0 bridgehead atoms. The van der Waals surface area contributed by atoms with Crippen LogP contribution >= 0.6 is 0 Å². The third kappa shape index (κ3) is 4.95. The average Bonchev–Trinajstić information content (AvgIpc) is 3.14. The fraction of sp³-hybridized carbons (Fsp3) is 0.538. The smallest absolute Gasteiger partial charge is 0.221 e. The van der Waals surface area contributed by atoms with Gasteiger partial charge in [-0.1, -0.05) is 0 Å². The molecule has 0 unspecified atom stereocenters. The van der Waals surface area contributed by atoms with Gasteiger partial charge in [0, 0.05) is 31.4 Å². The largest absolute Gasteiger partial charge is 0.353 e. The molecule has 1 amide bonds. The minimum Gasteiger partial charge on any atom is -0.353 e. The molecule has 0 atom stereocenters. The zero-order valence-electron chi connectivity index (χ0n) is 9.98. The summed E-state index contributed by atoms with van der Waals surface area (Å²) in [5.74, 6) is 0.170. The van der Waals surface area contributed by atoms with Gasteiger partial charge < -0.3 is 10.6 Å².